The molecule has 0 aliphatic carbocycles. The van der Waals surface area contributed by atoms with Crippen LogP contribution in [0.15, 0.2) is 30.6 Å². The minimum atomic E-state index is -0.451. The summed E-state index contributed by atoms with van der Waals surface area (Å²) in [5, 5.41) is 3.55. The van der Waals surface area contributed by atoms with Gasteiger partial charge in [0.1, 0.15) is 11.1 Å². The Morgan fingerprint density at radius 2 is 1.96 bits per heavy atom. The summed E-state index contributed by atoms with van der Waals surface area (Å²) < 4.78 is 5.44. The van der Waals surface area contributed by atoms with E-state index in [2.05, 4.69) is 15.3 Å². The van der Waals surface area contributed by atoms with E-state index in [1.165, 1.54) is 0 Å². The number of ether oxygens (including phenoxy) is 1. The van der Waals surface area contributed by atoms with E-state index in [0.717, 1.165) is 29.6 Å². The molecule has 6 nitrogen and oxygen atoms in total. The van der Waals surface area contributed by atoms with Crippen molar-refractivity contribution < 1.29 is 9.53 Å². The number of aromatic nitrogens is 2. The van der Waals surface area contributed by atoms with Crippen LogP contribution in [0.2, 0.25) is 0 Å². The van der Waals surface area contributed by atoms with Crippen LogP contribution in [0, 0.1) is 0 Å². The number of carbonyl (C=O) groups excluding carboxylic acids is 1. The van der Waals surface area contributed by atoms with Crippen molar-refractivity contribution in [1.82, 2.24) is 14.9 Å². The number of nitrogens with one attached hydrogen (secondary N) is 1. The highest BCUT2D eigenvalue weighted by Gasteiger charge is 2.27. The van der Waals surface area contributed by atoms with Crippen LogP contribution in [0.25, 0.3) is 11.0 Å². The van der Waals surface area contributed by atoms with Crippen LogP contribution in [-0.2, 0) is 4.74 Å². The SMILES string of the molecule is CC(C)(C)OC(=O)N1CCC(Nc2ccnc3cccnc23)CC1. The summed E-state index contributed by atoms with van der Waals surface area (Å²) in [5.41, 5.74) is 2.31. The second kappa shape index (κ2) is 6.63. The molecule has 128 valence electrons. The van der Waals surface area contributed by atoms with Gasteiger partial charge in [-0.05, 0) is 51.8 Å². The van der Waals surface area contributed by atoms with Gasteiger partial charge >= 0.3 is 6.09 Å². The number of likely N-dealkylation sites (tertiary alicyclic amines) is 1. The van der Waals surface area contributed by atoms with E-state index in [-0.39, 0.29) is 6.09 Å². The molecule has 0 bridgehead atoms. The first-order chi connectivity index (χ1) is 11.4. The first-order valence-electron chi connectivity index (χ1n) is 8.36. The molecule has 1 saturated heterocycles. The van der Waals surface area contributed by atoms with E-state index in [9.17, 15) is 4.79 Å². The number of nitrogens with zero attached hydrogens (tertiary/aromatic N) is 3. The lowest BCUT2D eigenvalue weighted by molar-refractivity contribution is 0.0210. The maximum atomic E-state index is 12.1. The fourth-order valence-corrected chi connectivity index (χ4v) is 2.85. The molecule has 6 heteroatoms. The maximum absolute atomic E-state index is 12.1. The van der Waals surface area contributed by atoms with Crippen LogP contribution in [0.5, 0.6) is 0 Å². The Bertz CT molecular complexity index is 713. The molecule has 1 N–H and O–H groups in total. The van der Waals surface area contributed by atoms with Crippen molar-refractivity contribution in [3.8, 4) is 0 Å². The summed E-state index contributed by atoms with van der Waals surface area (Å²) >= 11 is 0. The van der Waals surface area contributed by atoms with Crippen molar-refractivity contribution in [2.24, 2.45) is 0 Å². The van der Waals surface area contributed by atoms with Gasteiger partial charge in [0.25, 0.3) is 0 Å². The topological polar surface area (TPSA) is 67.3 Å². The quantitative estimate of drug-likeness (QED) is 0.914. The molecule has 3 heterocycles. The smallest absolute Gasteiger partial charge is 0.410 e. The Morgan fingerprint density at radius 3 is 2.67 bits per heavy atom. The van der Waals surface area contributed by atoms with Crippen LogP contribution in [0.3, 0.4) is 0 Å². The Morgan fingerprint density at radius 1 is 1.21 bits per heavy atom. The first-order valence-corrected chi connectivity index (χ1v) is 8.36. The molecule has 0 unspecified atom stereocenters. The van der Waals surface area contributed by atoms with Crippen LogP contribution < -0.4 is 5.32 Å². The standard InChI is InChI=1S/C18H24N4O2/c1-18(2,3)24-17(23)22-11-7-13(8-12-22)21-15-6-10-19-14-5-4-9-20-16(14)15/h4-6,9-10,13H,7-8,11-12H2,1-3H3,(H,19,21). The van der Waals surface area contributed by atoms with E-state index in [1.807, 2.05) is 39.0 Å². The van der Waals surface area contributed by atoms with Crippen molar-refractivity contribution in [3.63, 3.8) is 0 Å². The molecule has 0 atom stereocenters. The van der Waals surface area contributed by atoms with Gasteiger partial charge in [0.05, 0.1) is 11.2 Å². The highest BCUT2D eigenvalue weighted by atomic mass is 16.6. The van der Waals surface area contributed by atoms with Crippen molar-refractivity contribution in [3.05, 3.63) is 30.6 Å². The molecule has 24 heavy (non-hydrogen) atoms. The van der Waals surface area contributed by atoms with E-state index >= 15 is 0 Å². The first kappa shape index (κ1) is 16.5. The van der Waals surface area contributed by atoms with Gasteiger partial charge in [0, 0.05) is 31.5 Å². The fraction of sp³-hybridized carbons (Fsp3) is 0.500. The van der Waals surface area contributed by atoms with Crippen LogP contribution in [0.4, 0.5) is 10.5 Å². The van der Waals surface area contributed by atoms with Crippen LogP contribution in [0.1, 0.15) is 33.6 Å². The fourth-order valence-electron chi connectivity index (χ4n) is 2.85. The molecule has 3 rings (SSSR count). The zero-order valence-electron chi connectivity index (χ0n) is 14.5. The molecule has 1 aliphatic rings. The van der Waals surface area contributed by atoms with Crippen LogP contribution >= 0.6 is 0 Å². The molecular weight excluding hydrogens is 304 g/mol. The van der Waals surface area contributed by atoms with E-state index in [4.69, 9.17) is 4.74 Å². The molecule has 0 radical (unpaired) electrons. The van der Waals surface area contributed by atoms with Gasteiger partial charge < -0.3 is 15.0 Å². The lowest BCUT2D eigenvalue weighted by Gasteiger charge is -2.34. The predicted molar refractivity (Wildman–Crippen MR) is 94.0 cm³/mol. The van der Waals surface area contributed by atoms with Crippen molar-refractivity contribution >= 4 is 22.8 Å². The number of anilines is 1. The van der Waals surface area contributed by atoms with Gasteiger partial charge in [0.15, 0.2) is 0 Å². The predicted octanol–water partition coefficient (Wildman–Crippen LogP) is 3.44. The van der Waals surface area contributed by atoms with Gasteiger partial charge in [-0.3, -0.25) is 9.97 Å². The zero-order chi connectivity index (χ0) is 17.2. The van der Waals surface area contributed by atoms with E-state index in [1.54, 1.807) is 17.3 Å². The highest BCUT2D eigenvalue weighted by Crippen LogP contribution is 2.23. The summed E-state index contributed by atoms with van der Waals surface area (Å²) in [6.45, 7) is 7.06. The minimum Gasteiger partial charge on any atom is -0.444 e. The molecule has 1 fully saturated rings. The second-order valence-corrected chi connectivity index (χ2v) is 7.12. The molecule has 0 spiro atoms. The number of fused-ring (bicyclic) bond motifs is 1. The van der Waals surface area contributed by atoms with Gasteiger partial charge in [-0.2, -0.15) is 0 Å². The molecule has 2 aromatic rings. The molecular formula is C18H24N4O2. The zero-order valence-corrected chi connectivity index (χ0v) is 14.5. The van der Waals surface area contributed by atoms with E-state index < -0.39 is 5.60 Å². The molecule has 0 saturated carbocycles. The molecule has 2 aromatic heterocycles. The number of pyridine rings is 2. The molecule has 1 amide bonds. The Hall–Kier alpha value is -2.37. The average Bonchev–Trinajstić information content (AvgIpc) is 2.54. The van der Waals surface area contributed by atoms with Gasteiger partial charge in [0.2, 0.25) is 0 Å². The Balaban J connectivity index is 1.60. The lowest BCUT2D eigenvalue weighted by atomic mass is 10.0. The van der Waals surface area contributed by atoms with Gasteiger partial charge in [-0.1, -0.05) is 0 Å². The van der Waals surface area contributed by atoms with Crippen molar-refractivity contribution in [2.75, 3.05) is 18.4 Å². The number of hydrogen-bond donors (Lipinski definition) is 1. The minimum absolute atomic E-state index is 0.225. The van der Waals surface area contributed by atoms with Gasteiger partial charge in [-0.25, -0.2) is 4.79 Å². The summed E-state index contributed by atoms with van der Waals surface area (Å²) in [4.78, 5) is 22.7. The summed E-state index contributed by atoms with van der Waals surface area (Å²) in [6, 6.07) is 6.11. The number of piperidine rings is 1. The van der Waals surface area contributed by atoms with Crippen LogP contribution in [-0.4, -0.2) is 45.7 Å². The average molecular weight is 328 g/mol. The number of rotatable bonds is 2. The monoisotopic (exact) mass is 328 g/mol. The van der Waals surface area contributed by atoms with Crippen molar-refractivity contribution in [1.29, 1.82) is 0 Å². The number of hydrogen-bond acceptors (Lipinski definition) is 5. The largest absolute Gasteiger partial charge is 0.444 e. The number of amides is 1. The normalized spacial score (nSPS) is 16.2. The third-order valence-electron chi connectivity index (χ3n) is 4.00. The second-order valence-electron chi connectivity index (χ2n) is 7.12. The summed E-state index contributed by atoms with van der Waals surface area (Å²) in [5.74, 6) is 0. The molecule has 0 aromatic carbocycles. The van der Waals surface area contributed by atoms with Gasteiger partial charge in [-0.15, -0.1) is 0 Å². The third-order valence-corrected chi connectivity index (χ3v) is 4.00. The summed E-state index contributed by atoms with van der Waals surface area (Å²) in [7, 11) is 0. The van der Waals surface area contributed by atoms with E-state index in [0.29, 0.717) is 19.1 Å². The van der Waals surface area contributed by atoms with Crippen molar-refractivity contribution in [2.45, 2.75) is 45.3 Å². The Labute approximate surface area is 142 Å². The number of carbonyl (C=O) groups is 1. The third kappa shape index (κ3) is 3.93. The maximum Gasteiger partial charge on any atom is 0.410 e. The molecule has 1 aliphatic heterocycles. The Kier molecular flexibility index (Phi) is 4.55. The summed E-state index contributed by atoms with van der Waals surface area (Å²) in [6.07, 6.45) is 5.12. The highest BCUT2D eigenvalue weighted by molar-refractivity contribution is 5.87. The lowest BCUT2D eigenvalue weighted by Crippen LogP contribution is -2.44.